The van der Waals surface area contributed by atoms with Crippen molar-refractivity contribution in [2.45, 2.75) is 6.54 Å². The molecule has 0 aliphatic carbocycles. The second kappa shape index (κ2) is 8.48. The third-order valence-corrected chi connectivity index (χ3v) is 4.91. The summed E-state index contributed by atoms with van der Waals surface area (Å²) in [5, 5.41) is 3.83. The molecule has 2 aromatic carbocycles. The monoisotopic (exact) mass is 437 g/mol. The Balaban J connectivity index is 1.60. The SMILES string of the molecule is O=C(NCc1cccc(Cl)c1)c1ccc2c(=O)n(Nc3ccccn3)c(=S)[nH]c2c1. The zero-order valence-electron chi connectivity index (χ0n) is 15.6. The number of nitrogens with zero attached hydrogens (tertiary/aromatic N) is 2. The van der Waals surface area contributed by atoms with Gasteiger partial charge >= 0.3 is 0 Å². The van der Waals surface area contributed by atoms with E-state index < -0.39 is 0 Å². The number of aromatic amines is 1. The van der Waals surface area contributed by atoms with Crippen molar-refractivity contribution in [2.24, 2.45) is 0 Å². The minimum atomic E-state index is -0.342. The van der Waals surface area contributed by atoms with Crippen molar-refractivity contribution in [2.75, 3.05) is 5.43 Å². The minimum absolute atomic E-state index is 0.162. The fraction of sp³-hybridized carbons (Fsp3) is 0.0476. The van der Waals surface area contributed by atoms with Gasteiger partial charge < -0.3 is 10.3 Å². The maximum absolute atomic E-state index is 12.9. The highest BCUT2D eigenvalue weighted by molar-refractivity contribution is 7.71. The summed E-state index contributed by atoms with van der Waals surface area (Å²) in [5.41, 5.74) is 4.31. The highest BCUT2D eigenvalue weighted by Crippen LogP contribution is 2.13. The molecule has 1 amide bonds. The fourth-order valence-corrected chi connectivity index (χ4v) is 3.39. The molecule has 2 heterocycles. The van der Waals surface area contributed by atoms with E-state index in [1.807, 2.05) is 12.1 Å². The van der Waals surface area contributed by atoms with Crippen LogP contribution in [0.25, 0.3) is 10.9 Å². The summed E-state index contributed by atoms with van der Waals surface area (Å²) in [7, 11) is 0. The zero-order valence-corrected chi connectivity index (χ0v) is 17.1. The first kappa shape index (κ1) is 19.8. The van der Waals surface area contributed by atoms with Crippen LogP contribution in [0.4, 0.5) is 5.82 Å². The number of hydrogen-bond acceptors (Lipinski definition) is 5. The van der Waals surface area contributed by atoms with Gasteiger partial charge in [0.15, 0.2) is 4.77 Å². The first-order valence-corrected chi connectivity index (χ1v) is 9.80. The predicted octanol–water partition coefficient (Wildman–Crippen LogP) is 3.91. The van der Waals surface area contributed by atoms with Crippen LogP contribution in [0.5, 0.6) is 0 Å². The smallest absolute Gasteiger partial charge is 0.281 e. The number of carbonyl (C=O) groups excluding carboxylic acids is 1. The summed E-state index contributed by atoms with van der Waals surface area (Å²) in [6.07, 6.45) is 1.61. The lowest BCUT2D eigenvalue weighted by atomic mass is 10.1. The lowest BCUT2D eigenvalue weighted by Crippen LogP contribution is -2.28. The Kier molecular flexibility index (Phi) is 5.60. The number of anilines is 1. The molecule has 4 aromatic rings. The largest absolute Gasteiger partial charge is 0.348 e. The molecule has 7 nitrogen and oxygen atoms in total. The number of carbonyl (C=O) groups is 1. The molecule has 0 saturated carbocycles. The number of rotatable bonds is 5. The molecule has 4 rings (SSSR count). The van der Waals surface area contributed by atoms with E-state index in [4.69, 9.17) is 23.8 Å². The molecule has 150 valence electrons. The van der Waals surface area contributed by atoms with Crippen molar-refractivity contribution in [1.29, 1.82) is 0 Å². The van der Waals surface area contributed by atoms with Crippen LogP contribution in [0, 0.1) is 4.77 Å². The maximum atomic E-state index is 12.9. The van der Waals surface area contributed by atoms with Gasteiger partial charge in [0.2, 0.25) is 0 Å². The van der Waals surface area contributed by atoms with Crippen LogP contribution in [-0.4, -0.2) is 20.6 Å². The number of nitrogens with one attached hydrogen (secondary N) is 3. The molecule has 30 heavy (non-hydrogen) atoms. The van der Waals surface area contributed by atoms with E-state index in [2.05, 4.69) is 20.7 Å². The Morgan fingerprint density at radius 1 is 1.13 bits per heavy atom. The van der Waals surface area contributed by atoms with Gasteiger partial charge in [0.1, 0.15) is 5.82 Å². The van der Waals surface area contributed by atoms with Crippen LogP contribution in [0.1, 0.15) is 15.9 Å². The Morgan fingerprint density at radius 2 is 2.00 bits per heavy atom. The van der Waals surface area contributed by atoms with Gasteiger partial charge in [-0.3, -0.25) is 15.0 Å². The number of H-pyrrole nitrogens is 1. The highest BCUT2D eigenvalue weighted by Gasteiger charge is 2.11. The van der Waals surface area contributed by atoms with E-state index in [0.717, 1.165) is 5.56 Å². The quantitative estimate of drug-likeness (QED) is 0.412. The van der Waals surface area contributed by atoms with Crippen LogP contribution in [0.2, 0.25) is 5.02 Å². The summed E-state index contributed by atoms with van der Waals surface area (Å²) in [4.78, 5) is 32.5. The molecular weight excluding hydrogens is 422 g/mol. The van der Waals surface area contributed by atoms with Gasteiger partial charge in [-0.25, -0.2) is 4.98 Å². The van der Waals surface area contributed by atoms with Crippen molar-refractivity contribution in [1.82, 2.24) is 20.0 Å². The average Bonchev–Trinajstić information content (AvgIpc) is 2.75. The number of halogens is 1. The molecule has 0 fully saturated rings. The first-order valence-electron chi connectivity index (χ1n) is 9.01. The Morgan fingerprint density at radius 3 is 2.77 bits per heavy atom. The lowest BCUT2D eigenvalue weighted by Gasteiger charge is -2.11. The van der Waals surface area contributed by atoms with E-state index in [9.17, 15) is 9.59 Å². The Hall–Kier alpha value is -3.49. The van der Waals surface area contributed by atoms with Crippen LogP contribution < -0.4 is 16.3 Å². The van der Waals surface area contributed by atoms with E-state index in [0.29, 0.717) is 33.9 Å². The topological polar surface area (TPSA) is 91.8 Å². The van der Waals surface area contributed by atoms with Crippen molar-refractivity contribution >= 4 is 46.4 Å². The highest BCUT2D eigenvalue weighted by atomic mass is 35.5. The van der Waals surface area contributed by atoms with Gasteiger partial charge in [-0.15, -0.1) is 0 Å². The fourth-order valence-electron chi connectivity index (χ4n) is 2.94. The Labute approximate surface area is 181 Å². The summed E-state index contributed by atoms with van der Waals surface area (Å²) in [5.74, 6) is 0.211. The number of pyridine rings is 1. The molecule has 3 N–H and O–H groups in total. The number of hydrogen-bond donors (Lipinski definition) is 3. The molecule has 0 atom stereocenters. The summed E-state index contributed by atoms with van der Waals surface area (Å²) < 4.78 is 1.37. The van der Waals surface area contributed by atoms with Crippen LogP contribution >= 0.6 is 23.8 Å². The molecule has 9 heteroatoms. The van der Waals surface area contributed by atoms with E-state index in [1.165, 1.54) is 4.68 Å². The summed E-state index contributed by atoms with van der Waals surface area (Å²) in [6, 6.07) is 17.3. The van der Waals surface area contributed by atoms with Crippen LogP contribution in [-0.2, 0) is 6.54 Å². The molecule has 2 aromatic heterocycles. The van der Waals surface area contributed by atoms with Crippen LogP contribution in [0.15, 0.2) is 71.7 Å². The number of aromatic nitrogens is 3. The number of benzene rings is 2. The third kappa shape index (κ3) is 4.24. The zero-order chi connectivity index (χ0) is 21.1. The molecule has 0 bridgehead atoms. The molecule has 0 spiro atoms. The molecule has 0 radical (unpaired) electrons. The van der Waals surface area contributed by atoms with E-state index in [-0.39, 0.29) is 16.2 Å². The summed E-state index contributed by atoms with van der Waals surface area (Å²) in [6.45, 7) is 0.336. The minimum Gasteiger partial charge on any atom is -0.348 e. The molecular formula is C21H16ClN5O2S. The molecule has 0 aliphatic heterocycles. The molecule has 0 aliphatic rings. The number of fused-ring (bicyclic) bond motifs is 1. The van der Waals surface area contributed by atoms with Gasteiger partial charge in [-0.1, -0.05) is 29.8 Å². The average molecular weight is 438 g/mol. The lowest BCUT2D eigenvalue weighted by molar-refractivity contribution is 0.0951. The molecule has 0 unspecified atom stereocenters. The second-order valence-corrected chi connectivity index (χ2v) is 7.29. The van der Waals surface area contributed by atoms with E-state index >= 15 is 0 Å². The van der Waals surface area contributed by atoms with Gasteiger partial charge in [0.25, 0.3) is 11.5 Å². The number of amides is 1. The third-order valence-electron chi connectivity index (χ3n) is 4.39. The van der Waals surface area contributed by atoms with Gasteiger partial charge in [0.05, 0.1) is 10.9 Å². The predicted molar refractivity (Wildman–Crippen MR) is 119 cm³/mol. The normalized spacial score (nSPS) is 10.7. The first-order chi connectivity index (χ1) is 14.5. The summed E-state index contributed by atoms with van der Waals surface area (Å²) >= 11 is 11.3. The van der Waals surface area contributed by atoms with Gasteiger partial charge in [-0.2, -0.15) is 4.68 Å². The van der Waals surface area contributed by atoms with E-state index in [1.54, 1.807) is 54.7 Å². The van der Waals surface area contributed by atoms with Crippen molar-refractivity contribution < 1.29 is 4.79 Å². The van der Waals surface area contributed by atoms with Gasteiger partial charge in [-0.05, 0) is 60.2 Å². The van der Waals surface area contributed by atoms with Crippen LogP contribution in [0.3, 0.4) is 0 Å². The Bertz CT molecular complexity index is 1350. The second-order valence-electron chi connectivity index (χ2n) is 6.47. The maximum Gasteiger partial charge on any atom is 0.281 e. The van der Waals surface area contributed by atoms with Crippen molar-refractivity contribution in [3.63, 3.8) is 0 Å². The van der Waals surface area contributed by atoms with Gasteiger partial charge in [0, 0.05) is 23.3 Å². The van der Waals surface area contributed by atoms with Crippen molar-refractivity contribution in [3.05, 3.63) is 98.1 Å². The molecule has 0 saturated heterocycles. The van der Waals surface area contributed by atoms with Crippen molar-refractivity contribution in [3.8, 4) is 0 Å². The standard InChI is InChI=1S/C21H16ClN5O2S/c22-15-5-3-4-13(10-15)12-24-19(28)14-7-8-16-17(11-14)25-21(30)27(20(16)29)26-18-6-1-2-9-23-18/h1-11H,12H2,(H,23,26)(H,24,28)(H,25,30).